The van der Waals surface area contributed by atoms with E-state index in [0.717, 1.165) is 17.5 Å². The van der Waals surface area contributed by atoms with E-state index in [1.165, 1.54) is 6.08 Å². The number of rotatable bonds is 3. The average molecular weight is 374 g/mol. The van der Waals surface area contributed by atoms with Crippen LogP contribution in [-0.4, -0.2) is 36.8 Å². The number of hydrogen-bond acceptors (Lipinski definition) is 6. The van der Waals surface area contributed by atoms with Gasteiger partial charge in [0.25, 0.3) is 0 Å². The summed E-state index contributed by atoms with van der Waals surface area (Å²) < 4.78 is 19.6. The van der Waals surface area contributed by atoms with Gasteiger partial charge in [0.2, 0.25) is 0 Å². The molecule has 0 saturated carbocycles. The lowest BCUT2D eigenvalue weighted by molar-refractivity contribution is 0.00452. The van der Waals surface area contributed by atoms with Crippen molar-refractivity contribution in [1.29, 1.82) is 0 Å². The Balaban J connectivity index is 1.90. The van der Waals surface area contributed by atoms with Crippen molar-refractivity contribution in [3.8, 4) is 0 Å². The normalized spacial score (nSPS) is 15.4. The monoisotopic (exact) mass is 374 g/mol. The molecule has 9 heteroatoms. The molecule has 2 N–H and O–H groups in total. The molecule has 1 aliphatic heterocycles. The predicted octanol–water partition coefficient (Wildman–Crippen LogP) is 3.71. The van der Waals surface area contributed by atoms with E-state index in [9.17, 15) is 9.18 Å². The van der Waals surface area contributed by atoms with Gasteiger partial charge in [-0.05, 0) is 40.7 Å². The molecule has 0 bridgehead atoms. The van der Waals surface area contributed by atoms with Crippen LogP contribution in [0.3, 0.4) is 0 Å². The summed E-state index contributed by atoms with van der Waals surface area (Å²) in [4.78, 5) is 22.1. The smallest absolute Gasteiger partial charge is 0.411 e. The Morgan fingerprint density at radius 3 is 2.78 bits per heavy atom. The van der Waals surface area contributed by atoms with Crippen LogP contribution in [0.2, 0.25) is 0 Å². The molecular formula is C18H23FN6O2. The number of H-pyrrole nitrogens is 1. The maximum absolute atomic E-state index is 14.0. The van der Waals surface area contributed by atoms with Crippen LogP contribution in [0.15, 0.2) is 12.8 Å². The van der Waals surface area contributed by atoms with Crippen molar-refractivity contribution in [1.82, 2.24) is 25.1 Å². The maximum atomic E-state index is 14.0. The number of fused-ring (bicyclic) bond motifs is 1. The van der Waals surface area contributed by atoms with E-state index in [-0.39, 0.29) is 12.4 Å². The van der Waals surface area contributed by atoms with Crippen LogP contribution in [0, 0.1) is 5.82 Å². The zero-order chi connectivity index (χ0) is 20.0. The minimum Gasteiger partial charge on any atom is -0.444 e. The van der Waals surface area contributed by atoms with Gasteiger partial charge in [0.05, 0.1) is 24.0 Å². The van der Waals surface area contributed by atoms with Gasteiger partial charge in [0, 0.05) is 5.56 Å². The minimum absolute atomic E-state index is 0.0114. The minimum atomic E-state index is -0.652. The number of aromatic nitrogens is 4. The fourth-order valence-corrected chi connectivity index (χ4v) is 2.91. The summed E-state index contributed by atoms with van der Waals surface area (Å²) >= 11 is 0. The molecule has 0 aliphatic carbocycles. The molecule has 1 aliphatic rings. The zero-order valence-corrected chi connectivity index (χ0v) is 16.1. The second-order valence-electron chi connectivity index (χ2n) is 7.81. The lowest BCUT2D eigenvalue weighted by Gasteiger charge is -2.33. The third-order valence-electron chi connectivity index (χ3n) is 4.27. The van der Waals surface area contributed by atoms with Crippen molar-refractivity contribution in [2.45, 2.75) is 52.3 Å². The van der Waals surface area contributed by atoms with Crippen LogP contribution in [0.25, 0.3) is 6.08 Å². The van der Waals surface area contributed by atoms with E-state index < -0.39 is 23.1 Å². The number of carbonyl (C=O) groups excluding carboxylic acids is 1. The molecule has 3 heterocycles. The van der Waals surface area contributed by atoms with Gasteiger partial charge in [-0.3, -0.25) is 10.00 Å². The first-order valence-corrected chi connectivity index (χ1v) is 8.53. The molecule has 2 aromatic rings. The number of aromatic amines is 1. The van der Waals surface area contributed by atoms with E-state index in [0.29, 0.717) is 11.6 Å². The summed E-state index contributed by atoms with van der Waals surface area (Å²) in [5.74, 6) is 0.0693. The first kappa shape index (κ1) is 18.8. The van der Waals surface area contributed by atoms with Crippen LogP contribution in [0.1, 0.15) is 51.7 Å². The number of amides is 1. The van der Waals surface area contributed by atoms with Crippen LogP contribution < -0.4 is 5.32 Å². The van der Waals surface area contributed by atoms with Gasteiger partial charge < -0.3 is 10.1 Å². The molecular weight excluding hydrogens is 351 g/mol. The summed E-state index contributed by atoms with van der Waals surface area (Å²) in [7, 11) is 0. The average Bonchev–Trinajstić information content (AvgIpc) is 3.07. The Morgan fingerprint density at radius 2 is 2.15 bits per heavy atom. The molecule has 144 valence electrons. The van der Waals surface area contributed by atoms with Crippen molar-refractivity contribution < 1.29 is 13.9 Å². The molecule has 0 aromatic carbocycles. The van der Waals surface area contributed by atoms with E-state index in [2.05, 4.69) is 32.1 Å². The molecule has 1 amide bonds. The second kappa shape index (κ2) is 6.33. The summed E-state index contributed by atoms with van der Waals surface area (Å²) in [5.41, 5.74) is 0.257. The van der Waals surface area contributed by atoms with Gasteiger partial charge in [-0.2, -0.15) is 5.10 Å². The molecule has 0 spiro atoms. The van der Waals surface area contributed by atoms with Gasteiger partial charge in [-0.1, -0.05) is 6.58 Å². The molecule has 2 aromatic heterocycles. The number of hydrogen-bond donors (Lipinski definition) is 2. The number of ether oxygens (including phenoxy) is 1. The first-order valence-electron chi connectivity index (χ1n) is 8.53. The first-order chi connectivity index (χ1) is 12.5. The summed E-state index contributed by atoms with van der Waals surface area (Å²) in [6.45, 7) is 13.1. The molecule has 0 saturated heterocycles. The largest absolute Gasteiger partial charge is 0.444 e. The number of anilines is 2. The molecule has 8 nitrogen and oxygen atoms in total. The Hall–Kier alpha value is -2.97. The standard InChI is InChI=1S/C18H23FN6O2/c1-7-12-20-8-11(19)15(21-12)22-14-10-9-25(16(26)27-17(2,3)4)18(5,6)13(10)23-24-14/h7-8H,1,9H2,2-6H3,(H2,20,21,22,23,24). The maximum Gasteiger partial charge on any atom is 0.411 e. The van der Waals surface area contributed by atoms with Crippen molar-refractivity contribution in [2.75, 3.05) is 5.32 Å². The Bertz CT molecular complexity index is 900. The fourth-order valence-electron chi connectivity index (χ4n) is 2.91. The van der Waals surface area contributed by atoms with E-state index in [1.54, 1.807) is 4.90 Å². The third kappa shape index (κ3) is 3.49. The summed E-state index contributed by atoms with van der Waals surface area (Å²) in [6, 6.07) is 0. The highest BCUT2D eigenvalue weighted by Crippen LogP contribution is 2.41. The molecule has 27 heavy (non-hydrogen) atoms. The lowest BCUT2D eigenvalue weighted by atomic mass is 10.0. The van der Waals surface area contributed by atoms with Gasteiger partial charge in [-0.15, -0.1) is 0 Å². The van der Waals surface area contributed by atoms with E-state index in [4.69, 9.17) is 4.74 Å². The van der Waals surface area contributed by atoms with Gasteiger partial charge in [0.15, 0.2) is 23.3 Å². The van der Waals surface area contributed by atoms with Crippen LogP contribution in [-0.2, 0) is 16.8 Å². The topological polar surface area (TPSA) is 96.0 Å². The van der Waals surface area contributed by atoms with Crippen molar-refractivity contribution in [3.63, 3.8) is 0 Å². The highest BCUT2D eigenvalue weighted by atomic mass is 19.1. The van der Waals surface area contributed by atoms with Gasteiger partial charge in [0.1, 0.15) is 5.60 Å². The quantitative estimate of drug-likeness (QED) is 0.850. The van der Waals surface area contributed by atoms with Gasteiger partial charge >= 0.3 is 6.09 Å². The summed E-state index contributed by atoms with van der Waals surface area (Å²) in [6.07, 6.45) is 2.06. The zero-order valence-electron chi connectivity index (χ0n) is 16.1. The molecule has 0 fully saturated rings. The van der Waals surface area contributed by atoms with Crippen LogP contribution in [0.5, 0.6) is 0 Å². The van der Waals surface area contributed by atoms with Crippen molar-refractivity contribution in [3.05, 3.63) is 35.7 Å². The van der Waals surface area contributed by atoms with Crippen LogP contribution >= 0.6 is 0 Å². The van der Waals surface area contributed by atoms with E-state index in [1.807, 2.05) is 34.6 Å². The summed E-state index contributed by atoms with van der Waals surface area (Å²) in [5, 5.41) is 10.0. The van der Waals surface area contributed by atoms with E-state index >= 15 is 0 Å². The third-order valence-corrected chi connectivity index (χ3v) is 4.27. The number of nitrogens with one attached hydrogen (secondary N) is 2. The number of nitrogens with zero attached hydrogens (tertiary/aromatic N) is 4. The highest BCUT2D eigenvalue weighted by Gasteiger charge is 2.45. The Morgan fingerprint density at radius 1 is 1.44 bits per heavy atom. The lowest BCUT2D eigenvalue weighted by Crippen LogP contribution is -2.43. The van der Waals surface area contributed by atoms with Gasteiger partial charge in [-0.25, -0.2) is 19.2 Å². The van der Waals surface area contributed by atoms with Crippen molar-refractivity contribution in [2.24, 2.45) is 0 Å². The number of carbonyl (C=O) groups is 1. The second-order valence-corrected chi connectivity index (χ2v) is 7.81. The molecule has 0 radical (unpaired) electrons. The van der Waals surface area contributed by atoms with Crippen molar-refractivity contribution >= 4 is 23.8 Å². The Labute approximate surface area is 156 Å². The molecule has 0 atom stereocenters. The number of halogens is 1. The molecule has 0 unspecified atom stereocenters. The predicted molar refractivity (Wildman–Crippen MR) is 98.8 cm³/mol. The fraction of sp³-hybridized carbons (Fsp3) is 0.444. The Kier molecular flexibility index (Phi) is 4.41. The SMILES string of the molecule is C=Cc1ncc(F)c(Nc2n[nH]c3c2CN(C(=O)OC(C)(C)C)C3(C)C)n1. The molecule has 3 rings (SSSR count). The van der Waals surface area contributed by atoms with Crippen LogP contribution in [0.4, 0.5) is 20.8 Å². The highest BCUT2D eigenvalue weighted by molar-refractivity contribution is 5.72.